The van der Waals surface area contributed by atoms with Gasteiger partial charge in [0.2, 0.25) is 5.91 Å². The van der Waals surface area contributed by atoms with Crippen molar-refractivity contribution in [2.24, 2.45) is 0 Å². The Kier molecular flexibility index (Phi) is 4.35. The average molecular weight is 429 g/mol. The number of nitrogens with zero attached hydrogens (tertiary/aromatic N) is 1. The fourth-order valence-corrected chi connectivity index (χ4v) is 3.97. The van der Waals surface area contributed by atoms with Crippen LogP contribution in [0.25, 0.3) is 22.4 Å². The van der Waals surface area contributed by atoms with E-state index in [-0.39, 0.29) is 17.4 Å². The molecule has 0 saturated carbocycles. The number of ether oxygens (including phenoxy) is 1. The summed E-state index contributed by atoms with van der Waals surface area (Å²) in [6.07, 6.45) is 0.958. The number of carbonyl (C=O) groups is 2. The number of fused-ring (bicyclic) bond motifs is 2. The van der Waals surface area contributed by atoms with Gasteiger partial charge in [-0.1, -0.05) is 0 Å². The molecule has 30 heavy (non-hydrogen) atoms. The van der Waals surface area contributed by atoms with Crippen molar-refractivity contribution in [2.75, 3.05) is 18.7 Å². The van der Waals surface area contributed by atoms with Gasteiger partial charge < -0.3 is 19.2 Å². The third-order valence-electron chi connectivity index (χ3n) is 5.24. The topological polar surface area (TPSA) is 127 Å². The first kappa shape index (κ1) is 19.9. The molecular weight excluding hydrogens is 410 g/mol. The third-order valence-corrected chi connectivity index (χ3v) is 5.74. The van der Waals surface area contributed by atoms with Crippen LogP contribution >= 0.6 is 0 Å². The van der Waals surface area contributed by atoms with Crippen molar-refractivity contribution in [3.05, 3.63) is 35.9 Å². The van der Waals surface area contributed by atoms with Gasteiger partial charge in [0.25, 0.3) is 0 Å². The van der Waals surface area contributed by atoms with Gasteiger partial charge in [-0.2, -0.15) is 8.42 Å². The first-order valence-electron chi connectivity index (χ1n) is 8.97. The van der Waals surface area contributed by atoms with Gasteiger partial charge in [-0.25, -0.2) is 4.98 Å². The SMILES string of the molecule is COc1cc(OS(C)(=O)=O)ccc1-c1nc2cc3c(cc2[nH]1)NC(=O)C3(C)C(C)=O. The molecule has 3 aromatic rings. The number of amides is 1. The van der Waals surface area contributed by atoms with Crippen LogP contribution in [-0.4, -0.2) is 43.4 Å². The molecule has 0 saturated heterocycles. The van der Waals surface area contributed by atoms with Crippen molar-refractivity contribution in [2.45, 2.75) is 19.3 Å². The summed E-state index contributed by atoms with van der Waals surface area (Å²) in [6.45, 7) is 2.99. The van der Waals surface area contributed by atoms with Crippen LogP contribution in [0.3, 0.4) is 0 Å². The third kappa shape index (κ3) is 3.09. The number of aromatic amines is 1. The number of hydrogen-bond acceptors (Lipinski definition) is 7. The molecule has 1 amide bonds. The quantitative estimate of drug-likeness (QED) is 0.471. The van der Waals surface area contributed by atoms with Crippen molar-refractivity contribution in [1.29, 1.82) is 0 Å². The highest BCUT2D eigenvalue weighted by atomic mass is 32.2. The van der Waals surface area contributed by atoms with Gasteiger partial charge in [0, 0.05) is 17.3 Å². The van der Waals surface area contributed by atoms with E-state index < -0.39 is 15.5 Å². The smallest absolute Gasteiger partial charge is 0.306 e. The van der Waals surface area contributed by atoms with Gasteiger partial charge in [0.15, 0.2) is 0 Å². The Hall–Kier alpha value is -3.40. The second-order valence-electron chi connectivity index (χ2n) is 7.29. The van der Waals surface area contributed by atoms with E-state index in [0.717, 1.165) is 6.26 Å². The molecule has 0 spiro atoms. The number of H-pyrrole nitrogens is 1. The van der Waals surface area contributed by atoms with Gasteiger partial charge in [-0.3, -0.25) is 9.59 Å². The Morgan fingerprint density at radius 3 is 2.57 bits per heavy atom. The van der Waals surface area contributed by atoms with Crippen molar-refractivity contribution in [1.82, 2.24) is 9.97 Å². The zero-order chi connectivity index (χ0) is 21.8. The minimum atomic E-state index is -3.67. The summed E-state index contributed by atoms with van der Waals surface area (Å²) in [7, 11) is -2.22. The molecule has 0 bridgehead atoms. The van der Waals surface area contributed by atoms with Crippen LogP contribution in [0, 0.1) is 0 Å². The first-order chi connectivity index (χ1) is 14.0. The first-order valence-corrected chi connectivity index (χ1v) is 10.8. The van der Waals surface area contributed by atoms with Crippen molar-refractivity contribution in [3.63, 3.8) is 0 Å². The van der Waals surface area contributed by atoms with Gasteiger partial charge in [0.1, 0.15) is 28.5 Å². The maximum atomic E-state index is 12.4. The highest BCUT2D eigenvalue weighted by molar-refractivity contribution is 7.86. The van der Waals surface area contributed by atoms with Crippen LogP contribution in [0.2, 0.25) is 0 Å². The zero-order valence-corrected chi connectivity index (χ0v) is 17.5. The van der Waals surface area contributed by atoms with E-state index in [4.69, 9.17) is 8.92 Å². The molecule has 2 aromatic carbocycles. The van der Waals surface area contributed by atoms with Gasteiger partial charge >= 0.3 is 10.1 Å². The lowest BCUT2D eigenvalue weighted by atomic mass is 9.80. The van der Waals surface area contributed by atoms with Crippen LogP contribution in [0.1, 0.15) is 19.4 Å². The predicted molar refractivity (Wildman–Crippen MR) is 110 cm³/mol. The molecule has 2 heterocycles. The number of methoxy groups -OCH3 is 1. The van der Waals surface area contributed by atoms with Gasteiger partial charge in [-0.05, 0) is 38.1 Å². The lowest BCUT2D eigenvalue weighted by Gasteiger charge is -2.17. The largest absolute Gasteiger partial charge is 0.496 e. The highest BCUT2D eigenvalue weighted by Crippen LogP contribution is 2.41. The molecule has 0 radical (unpaired) electrons. The van der Waals surface area contributed by atoms with E-state index in [2.05, 4.69) is 15.3 Å². The van der Waals surface area contributed by atoms with Crippen molar-refractivity contribution < 1.29 is 26.9 Å². The predicted octanol–water partition coefficient (Wildman–Crippen LogP) is 2.38. The number of aromatic nitrogens is 2. The fourth-order valence-electron chi connectivity index (χ4n) is 3.51. The van der Waals surface area contributed by atoms with Crippen LogP contribution in [0.15, 0.2) is 30.3 Å². The molecule has 0 aliphatic carbocycles. The molecule has 10 heteroatoms. The van der Waals surface area contributed by atoms with Crippen LogP contribution in [0.5, 0.6) is 11.5 Å². The molecule has 1 unspecified atom stereocenters. The van der Waals surface area contributed by atoms with Gasteiger partial charge in [0.05, 0.1) is 30.0 Å². The molecule has 2 N–H and O–H groups in total. The summed E-state index contributed by atoms with van der Waals surface area (Å²) in [5.74, 6) is 0.350. The normalized spacial score (nSPS) is 18.2. The molecule has 0 fully saturated rings. The van der Waals surface area contributed by atoms with Crippen LogP contribution < -0.4 is 14.2 Å². The number of imidazole rings is 1. The van der Waals surface area contributed by atoms with Crippen molar-refractivity contribution >= 4 is 38.5 Å². The molecule has 9 nitrogen and oxygen atoms in total. The maximum absolute atomic E-state index is 12.4. The summed E-state index contributed by atoms with van der Waals surface area (Å²) in [4.78, 5) is 32.3. The minimum Gasteiger partial charge on any atom is -0.496 e. The second kappa shape index (κ2) is 6.56. The molecule has 1 atom stereocenters. The molecule has 1 aliphatic rings. The van der Waals surface area contributed by atoms with E-state index in [9.17, 15) is 18.0 Å². The number of hydrogen-bond donors (Lipinski definition) is 2. The number of carbonyl (C=O) groups excluding carboxylic acids is 2. The molecule has 1 aromatic heterocycles. The van der Waals surface area contributed by atoms with Crippen LogP contribution in [-0.2, 0) is 25.1 Å². The van der Waals surface area contributed by atoms with E-state index in [1.807, 2.05) is 0 Å². The monoisotopic (exact) mass is 429 g/mol. The summed E-state index contributed by atoms with van der Waals surface area (Å²) < 4.78 is 33.0. The minimum absolute atomic E-state index is 0.119. The number of Topliss-reactive ketones (excluding diaryl/α,β-unsaturated/α-hetero) is 1. The number of anilines is 1. The molecular formula is C20H19N3O6S. The Morgan fingerprint density at radius 2 is 1.93 bits per heavy atom. The van der Waals surface area contributed by atoms with E-state index in [1.165, 1.54) is 26.2 Å². The Bertz CT molecular complexity index is 1330. The number of nitrogens with one attached hydrogen (secondary N) is 2. The van der Waals surface area contributed by atoms with E-state index in [0.29, 0.717) is 39.4 Å². The number of ketones is 1. The average Bonchev–Trinajstić information content (AvgIpc) is 3.17. The van der Waals surface area contributed by atoms with Gasteiger partial charge in [-0.15, -0.1) is 0 Å². The second-order valence-corrected chi connectivity index (χ2v) is 8.86. The molecule has 4 rings (SSSR count). The molecule has 1 aliphatic heterocycles. The lowest BCUT2D eigenvalue weighted by Crippen LogP contribution is -2.37. The lowest BCUT2D eigenvalue weighted by molar-refractivity contribution is -0.130. The highest BCUT2D eigenvalue weighted by Gasteiger charge is 2.47. The summed E-state index contributed by atoms with van der Waals surface area (Å²) in [5.41, 5.74) is 1.71. The zero-order valence-electron chi connectivity index (χ0n) is 16.7. The van der Waals surface area contributed by atoms with E-state index >= 15 is 0 Å². The Labute approximate surface area is 172 Å². The number of rotatable bonds is 5. The maximum Gasteiger partial charge on any atom is 0.306 e. The Morgan fingerprint density at radius 1 is 1.20 bits per heavy atom. The summed E-state index contributed by atoms with van der Waals surface area (Å²) >= 11 is 0. The fraction of sp³-hybridized carbons (Fsp3) is 0.250. The van der Waals surface area contributed by atoms with E-state index in [1.54, 1.807) is 25.1 Å². The standard InChI is InChI=1S/C20H19N3O6S/c1-10(24)20(2)13-8-15-16(9-14(13)23-19(20)25)22-18(21-15)12-6-5-11(7-17(12)28-3)29-30(4,26)27/h5-9H,1-4H3,(H,21,22)(H,23,25). The number of benzene rings is 2. The Balaban J connectivity index is 1.81. The van der Waals surface area contributed by atoms with Crippen LogP contribution in [0.4, 0.5) is 5.69 Å². The van der Waals surface area contributed by atoms with Crippen molar-refractivity contribution in [3.8, 4) is 22.9 Å². The summed E-state index contributed by atoms with van der Waals surface area (Å²) in [5, 5.41) is 2.76. The summed E-state index contributed by atoms with van der Waals surface area (Å²) in [6, 6.07) is 8.04. The molecule has 156 valence electrons.